The summed E-state index contributed by atoms with van der Waals surface area (Å²) in [4.78, 5) is 115. The van der Waals surface area contributed by atoms with Gasteiger partial charge in [-0.25, -0.2) is 0 Å². The number of carbonyl (C=O) groups excluding carboxylic acids is 9. The molecule has 1 aliphatic rings. The summed E-state index contributed by atoms with van der Waals surface area (Å²) in [6.45, 7) is 3.72. The maximum absolute atomic E-state index is 14.1. The van der Waals surface area contributed by atoms with Gasteiger partial charge in [-0.05, 0) is 43.6 Å². The number of nitrogens with one attached hydrogen (secondary N) is 5. The molecular formula is C35H51N8O11. The van der Waals surface area contributed by atoms with Crippen molar-refractivity contribution < 1.29 is 53.4 Å². The lowest BCUT2D eigenvalue weighted by Gasteiger charge is -2.32. The molecule has 7 atom stereocenters. The molecule has 1 aliphatic heterocycles. The number of amides is 8. The second-order valence-electron chi connectivity index (χ2n) is 13.3. The van der Waals surface area contributed by atoms with Crippen LogP contribution in [0.2, 0.25) is 0 Å². The Morgan fingerprint density at radius 2 is 1.46 bits per heavy atom. The van der Waals surface area contributed by atoms with Crippen molar-refractivity contribution >= 4 is 53.5 Å². The van der Waals surface area contributed by atoms with Crippen LogP contribution >= 0.6 is 0 Å². The van der Waals surface area contributed by atoms with Gasteiger partial charge in [0, 0.05) is 19.9 Å². The van der Waals surface area contributed by atoms with Crippen molar-refractivity contribution in [3.8, 4) is 0 Å². The monoisotopic (exact) mass is 759 g/mol. The molecule has 1 aromatic carbocycles. The van der Waals surface area contributed by atoms with E-state index in [1.54, 1.807) is 50.5 Å². The summed E-state index contributed by atoms with van der Waals surface area (Å²) in [7, 11) is 0. The fraction of sp³-hybridized carbons (Fsp3) is 0.571. The van der Waals surface area contributed by atoms with Gasteiger partial charge in [-0.2, -0.15) is 0 Å². The number of aliphatic hydroxyl groups excluding tert-OH is 2. The first-order valence-electron chi connectivity index (χ1n) is 17.5. The van der Waals surface area contributed by atoms with Gasteiger partial charge in [0.2, 0.25) is 53.5 Å². The Bertz CT molecular complexity index is 1510. The minimum Gasteiger partial charge on any atom is -0.394 e. The molecule has 0 aliphatic carbocycles. The van der Waals surface area contributed by atoms with E-state index in [0.29, 0.717) is 6.42 Å². The minimum atomic E-state index is -1.78. The van der Waals surface area contributed by atoms with E-state index < -0.39 is 115 Å². The Hall–Kier alpha value is -5.43. The maximum Gasteiger partial charge on any atom is 0.248 e. The SMILES string of the molecule is CC(=O)NC(CO)C(=O)NC(CCC(N)=O)C(=O)NC(CC(N)=O)C(=O)NC(C(=O)N1CCCC1C(=O)NC([C]=O)C(C)C)C(O)CCc1ccccc1. The lowest BCUT2D eigenvalue weighted by Crippen LogP contribution is -2.62. The number of likely N-dealkylation sites (tertiary alicyclic amines) is 1. The third kappa shape index (κ3) is 14.2. The van der Waals surface area contributed by atoms with Crippen molar-refractivity contribution in [2.45, 2.75) is 108 Å². The number of nitrogens with zero attached hydrogens (tertiary/aromatic N) is 1. The molecule has 1 heterocycles. The highest BCUT2D eigenvalue weighted by Crippen LogP contribution is 2.21. The van der Waals surface area contributed by atoms with Crippen molar-refractivity contribution in [2.75, 3.05) is 13.2 Å². The van der Waals surface area contributed by atoms with Gasteiger partial charge in [-0.3, -0.25) is 43.2 Å². The van der Waals surface area contributed by atoms with E-state index in [0.717, 1.165) is 12.5 Å². The van der Waals surface area contributed by atoms with Crippen molar-refractivity contribution in [3.63, 3.8) is 0 Å². The molecule has 1 fully saturated rings. The van der Waals surface area contributed by atoms with Crippen molar-refractivity contribution in [2.24, 2.45) is 17.4 Å². The standard InChI is InChI=1S/C35H51N8O11/c1-19(2)24(17-44)41-34(53)26-10-7-15-43(26)35(54)30(27(47)13-11-21-8-5-4-6-9-21)42-32(51)23(16-29(37)49)40-31(50)22(12-14-28(36)48)39-33(52)25(18-45)38-20(3)46/h4-6,8-9,19,22-27,30,45,47H,7,10-16,18H2,1-3H3,(H2,36,48)(H2,37,49)(H,38,46)(H,39,52)(H,40,50)(H,41,53)(H,42,51). The van der Waals surface area contributed by atoms with E-state index in [1.807, 2.05) is 0 Å². The number of benzene rings is 1. The Labute approximate surface area is 312 Å². The van der Waals surface area contributed by atoms with Gasteiger partial charge in [-0.1, -0.05) is 44.2 Å². The van der Waals surface area contributed by atoms with Crippen LogP contribution in [0.1, 0.15) is 64.9 Å². The molecule has 54 heavy (non-hydrogen) atoms. The summed E-state index contributed by atoms with van der Waals surface area (Å²) >= 11 is 0. The highest BCUT2D eigenvalue weighted by molar-refractivity contribution is 5.98. The molecule has 297 valence electrons. The molecule has 0 saturated carbocycles. The topological polar surface area (TPSA) is 310 Å². The second-order valence-corrected chi connectivity index (χ2v) is 13.3. The molecular weight excluding hydrogens is 708 g/mol. The average Bonchev–Trinajstić information content (AvgIpc) is 3.62. The van der Waals surface area contributed by atoms with Crippen molar-refractivity contribution in [3.05, 3.63) is 35.9 Å². The summed E-state index contributed by atoms with van der Waals surface area (Å²) in [6, 6.07) is 0.400. The quantitative estimate of drug-likeness (QED) is 0.0554. The first kappa shape index (κ1) is 44.7. The van der Waals surface area contributed by atoms with Crippen molar-refractivity contribution in [1.82, 2.24) is 31.5 Å². The number of primary amides is 2. The van der Waals surface area contributed by atoms with Crippen LogP contribution in [-0.4, -0.2) is 124 Å². The van der Waals surface area contributed by atoms with Crippen LogP contribution < -0.4 is 38.1 Å². The average molecular weight is 760 g/mol. The van der Waals surface area contributed by atoms with Crippen LogP contribution in [0.3, 0.4) is 0 Å². The Kier molecular flexibility index (Phi) is 18.2. The maximum atomic E-state index is 14.1. The van der Waals surface area contributed by atoms with E-state index in [9.17, 15) is 53.4 Å². The van der Waals surface area contributed by atoms with E-state index in [4.69, 9.17) is 11.5 Å². The molecule has 19 nitrogen and oxygen atoms in total. The minimum absolute atomic E-state index is 0.0463. The summed E-state index contributed by atoms with van der Waals surface area (Å²) in [6.07, 6.45) is -0.582. The summed E-state index contributed by atoms with van der Waals surface area (Å²) < 4.78 is 0. The number of hydrogen-bond acceptors (Lipinski definition) is 11. The zero-order valence-corrected chi connectivity index (χ0v) is 30.5. The molecule has 2 rings (SSSR count). The van der Waals surface area contributed by atoms with Crippen LogP contribution in [0, 0.1) is 5.92 Å². The lowest BCUT2D eigenvalue weighted by molar-refractivity contribution is -0.145. The van der Waals surface area contributed by atoms with Gasteiger partial charge in [0.1, 0.15) is 30.2 Å². The van der Waals surface area contributed by atoms with E-state index in [1.165, 1.54) is 4.90 Å². The number of carbonyl (C=O) groups is 8. The normalized spacial score (nSPS) is 17.1. The number of nitrogens with two attached hydrogens (primary N) is 2. The molecule has 7 unspecified atom stereocenters. The molecule has 8 amide bonds. The van der Waals surface area contributed by atoms with Gasteiger partial charge in [0.15, 0.2) is 0 Å². The van der Waals surface area contributed by atoms with Gasteiger partial charge in [0.05, 0.1) is 25.2 Å². The predicted octanol–water partition coefficient (Wildman–Crippen LogP) is -3.69. The number of hydrogen-bond donors (Lipinski definition) is 9. The fourth-order valence-corrected chi connectivity index (χ4v) is 5.72. The lowest BCUT2D eigenvalue weighted by atomic mass is 9.99. The zero-order valence-electron chi connectivity index (χ0n) is 30.5. The fourth-order valence-electron chi connectivity index (χ4n) is 5.72. The summed E-state index contributed by atoms with van der Waals surface area (Å²) in [5.41, 5.74) is 11.4. The van der Waals surface area contributed by atoms with Gasteiger partial charge >= 0.3 is 0 Å². The molecule has 19 heteroatoms. The highest BCUT2D eigenvalue weighted by atomic mass is 16.3. The van der Waals surface area contributed by atoms with Crippen molar-refractivity contribution in [1.29, 1.82) is 0 Å². The Morgan fingerprint density at radius 1 is 0.852 bits per heavy atom. The summed E-state index contributed by atoms with van der Waals surface area (Å²) in [5, 5.41) is 32.7. The molecule has 0 spiro atoms. The predicted molar refractivity (Wildman–Crippen MR) is 191 cm³/mol. The molecule has 11 N–H and O–H groups in total. The number of aryl methyl sites for hydroxylation is 1. The van der Waals surface area contributed by atoms with E-state index in [2.05, 4.69) is 26.6 Å². The molecule has 0 aromatic heterocycles. The van der Waals surface area contributed by atoms with E-state index in [-0.39, 0.29) is 31.7 Å². The van der Waals surface area contributed by atoms with Crippen LogP contribution in [0.15, 0.2) is 30.3 Å². The summed E-state index contributed by atoms with van der Waals surface area (Å²) in [5.74, 6) is -7.60. The van der Waals surface area contributed by atoms with Gasteiger partial charge in [-0.15, -0.1) is 0 Å². The largest absolute Gasteiger partial charge is 0.394 e. The zero-order chi connectivity index (χ0) is 40.5. The van der Waals surface area contributed by atoms with Crippen LogP contribution in [0.5, 0.6) is 0 Å². The Morgan fingerprint density at radius 3 is 2.02 bits per heavy atom. The van der Waals surface area contributed by atoms with Crippen LogP contribution in [0.25, 0.3) is 0 Å². The first-order chi connectivity index (χ1) is 25.5. The molecule has 1 saturated heterocycles. The molecule has 1 aromatic rings. The third-order valence-corrected chi connectivity index (χ3v) is 8.68. The molecule has 0 bridgehead atoms. The first-order valence-corrected chi connectivity index (χ1v) is 17.5. The number of aliphatic hydroxyl groups is 2. The second kappa shape index (κ2) is 21.9. The third-order valence-electron chi connectivity index (χ3n) is 8.68. The smallest absolute Gasteiger partial charge is 0.248 e. The van der Waals surface area contributed by atoms with Crippen LogP contribution in [-0.2, 0) is 49.6 Å². The highest BCUT2D eigenvalue weighted by Gasteiger charge is 2.42. The van der Waals surface area contributed by atoms with Crippen LogP contribution in [0.4, 0.5) is 0 Å². The molecule has 1 radical (unpaired) electrons. The number of rotatable bonds is 22. The van der Waals surface area contributed by atoms with Gasteiger partial charge < -0.3 is 53.2 Å². The van der Waals surface area contributed by atoms with Gasteiger partial charge in [0.25, 0.3) is 0 Å². The Balaban J connectivity index is 2.40. The van der Waals surface area contributed by atoms with E-state index >= 15 is 0 Å².